The molecule has 2 N–H and O–H groups in total. The highest BCUT2D eigenvalue weighted by atomic mass is 32.2. The zero-order valence-electron chi connectivity index (χ0n) is 12.7. The first-order valence-corrected chi connectivity index (χ1v) is 9.04. The lowest BCUT2D eigenvalue weighted by Crippen LogP contribution is -2.43. The normalized spacial score (nSPS) is 14.2. The van der Waals surface area contributed by atoms with Gasteiger partial charge in [-0.3, -0.25) is 0 Å². The van der Waals surface area contributed by atoms with Crippen molar-refractivity contribution in [2.45, 2.75) is 30.5 Å². The van der Waals surface area contributed by atoms with Gasteiger partial charge in [-0.2, -0.15) is 4.31 Å². The van der Waals surface area contributed by atoms with Crippen LogP contribution in [-0.4, -0.2) is 57.4 Å². The first kappa shape index (κ1) is 17.6. The second kappa shape index (κ2) is 7.51. The summed E-state index contributed by atoms with van der Waals surface area (Å²) in [7, 11) is 0.483. The second-order valence-electron chi connectivity index (χ2n) is 5.08. The van der Waals surface area contributed by atoms with Gasteiger partial charge in [0.15, 0.2) is 0 Å². The third kappa shape index (κ3) is 4.26. The van der Waals surface area contributed by atoms with Crippen molar-refractivity contribution in [3.8, 4) is 0 Å². The van der Waals surface area contributed by atoms with Gasteiger partial charge in [0.05, 0.1) is 0 Å². The number of likely N-dealkylation sites (N-methyl/N-ethyl adjacent to an activating group) is 2. The average Bonchev–Trinajstić information content (AvgIpc) is 2.78. The molecule has 1 aromatic rings. The van der Waals surface area contributed by atoms with E-state index in [0.717, 1.165) is 11.3 Å². The molecule has 0 aliphatic carbocycles. The van der Waals surface area contributed by atoms with Crippen molar-refractivity contribution >= 4 is 21.4 Å². The largest absolute Gasteiger partial charge is 0.330 e. The predicted molar refractivity (Wildman–Crippen MR) is 84.7 cm³/mol. The van der Waals surface area contributed by atoms with Gasteiger partial charge < -0.3 is 10.6 Å². The summed E-state index contributed by atoms with van der Waals surface area (Å²) in [4.78, 5) is 3.01. The molecule has 116 valence electrons. The van der Waals surface area contributed by atoms with Crippen LogP contribution in [0, 0.1) is 0 Å². The Kier molecular flexibility index (Phi) is 6.60. The molecule has 0 saturated carbocycles. The van der Waals surface area contributed by atoms with E-state index in [1.54, 1.807) is 10.4 Å². The number of rotatable bonds is 8. The Hall–Kier alpha value is -0.470. The van der Waals surface area contributed by atoms with Crippen LogP contribution in [0.4, 0.5) is 0 Å². The van der Waals surface area contributed by atoms with Crippen molar-refractivity contribution in [2.24, 2.45) is 5.73 Å². The van der Waals surface area contributed by atoms with Crippen LogP contribution in [0.2, 0.25) is 0 Å². The highest BCUT2D eigenvalue weighted by molar-refractivity contribution is 7.91. The Labute approximate surface area is 126 Å². The van der Waals surface area contributed by atoms with Gasteiger partial charge in [0.1, 0.15) is 4.21 Å². The summed E-state index contributed by atoms with van der Waals surface area (Å²) in [6.07, 6.45) is 0.722. The van der Waals surface area contributed by atoms with Crippen LogP contribution < -0.4 is 5.73 Å². The van der Waals surface area contributed by atoms with Crippen LogP contribution in [0.15, 0.2) is 16.3 Å². The first-order valence-electron chi connectivity index (χ1n) is 6.78. The highest BCUT2D eigenvalue weighted by Crippen LogP contribution is 2.26. The Bertz CT molecular complexity index is 511. The predicted octanol–water partition coefficient (Wildman–Crippen LogP) is 1.21. The number of thiophene rings is 1. The minimum absolute atomic E-state index is 0.0555. The number of hydrogen-bond acceptors (Lipinski definition) is 5. The van der Waals surface area contributed by atoms with Gasteiger partial charge in [0.25, 0.3) is 10.0 Å². The summed E-state index contributed by atoms with van der Waals surface area (Å²) in [5, 5.41) is 0. The molecule has 1 atom stereocenters. The van der Waals surface area contributed by atoms with Crippen LogP contribution in [0.1, 0.15) is 18.7 Å². The van der Waals surface area contributed by atoms with E-state index in [2.05, 4.69) is 0 Å². The SMILES string of the molecule is CCN(C(C)CN(C)C)S(=O)(=O)c1ccc(CCN)s1. The van der Waals surface area contributed by atoms with Crippen molar-refractivity contribution in [2.75, 3.05) is 33.7 Å². The third-order valence-electron chi connectivity index (χ3n) is 3.02. The lowest BCUT2D eigenvalue weighted by Gasteiger charge is -2.28. The molecular weight excluding hydrogens is 294 g/mol. The zero-order valence-corrected chi connectivity index (χ0v) is 14.3. The van der Waals surface area contributed by atoms with Crippen LogP contribution in [0.3, 0.4) is 0 Å². The van der Waals surface area contributed by atoms with E-state index in [1.807, 2.05) is 38.9 Å². The molecule has 1 heterocycles. The number of sulfonamides is 1. The minimum atomic E-state index is -3.41. The van der Waals surface area contributed by atoms with Gasteiger partial charge in [-0.15, -0.1) is 11.3 Å². The number of hydrogen-bond donors (Lipinski definition) is 1. The van der Waals surface area contributed by atoms with Crippen LogP contribution >= 0.6 is 11.3 Å². The summed E-state index contributed by atoms with van der Waals surface area (Å²) >= 11 is 1.32. The fraction of sp³-hybridized carbons (Fsp3) is 0.692. The minimum Gasteiger partial charge on any atom is -0.330 e. The van der Waals surface area contributed by atoms with Crippen molar-refractivity contribution < 1.29 is 8.42 Å². The topological polar surface area (TPSA) is 66.6 Å². The van der Waals surface area contributed by atoms with Gasteiger partial charge in [0.2, 0.25) is 0 Å². The van der Waals surface area contributed by atoms with Crippen LogP contribution in [0.5, 0.6) is 0 Å². The molecule has 0 aliphatic heterocycles. The molecule has 7 heteroatoms. The number of nitrogens with zero attached hydrogens (tertiary/aromatic N) is 2. The molecule has 5 nitrogen and oxygen atoms in total. The maximum absolute atomic E-state index is 12.7. The molecule has 0 spiro atoms. The molecule has 0 fully saturated rings. The smallest absolute Gasteiger partial charge is 0.252 e. The van der Waals surface area contributed by atoms with Gasteiger partial charge in [-0.05, 0) is 46.1 Å². The molecular formula is C13H25N3O2S2. The van der Waals surface area contributed by atoms with Crippen molar-refractivity contribution in [3.63, 3.8) is 0 Å². The van der Waals surface area contributed by atoms with Crippen LogP contribution in [0.25, 0.3) is 0 Å². The van der Waals surface area contributed by atoms with Crippen molar-refractivity contribution in [3.05, 3.63) is 17.0 Å². The van der Waals surface area contributed by atoms with E-state index < -0.39 is 10.0 Å². The fourth-order valence-electron chi connectivity index (χ4n) is 2.23. The summed E-state index contributed by atoms with van der Waals surface area (Å²) in [6.45, 7) is 5.53. The molecule has 1 aromatic heterocycles. The Morgan fingerprint density at radius 3 is 2.50 bits per heavy atom. The molecule has 0 radical (unpaired) electrons. The molecule has 1 unspecified atom stereocenters. The van der Waals surface area contributed by atoms with E-state index >= 15 is 0 Å². The highest BCUT2D eigenvalue weighted by Gasteiger charge is 2.29. The fourth-order valence-corrected chi connectivity index (χ4v) is 5.36. The maximum Gasteiger partial charge on any atom is 0.252 e. The molecule has 0 aromatic carbocycles. The van der Waals surface area contributed by atoms with E-state index in [9.17, 15) is 8.42 Å². The monoisotopic (exact) mass is 319 g/mol. The molecule has 0 bridgehead atoms. The van der Waals surface area contributed by atoms with Gasteiger partial charge in [-0.25, -0.2) is 8.42 Å². The van der Waals surface area contributed by atoms with E-state index in [1.165, 1.54) is 11.3 Å². The quantitative estimate of drug-likeness (QED) is 0.782. The zero-order chi connectivity index (χ0) is 15.3. The van der Waals surface area contributed by atoms with Gasteiger partial charge in [-0.1, -0.05) is 6.92 Å². The average molecular weight is 319 g/mol. The molecule has 0 saturated heterocycles. The molecule has 1 rings (SSSR count). The van der Waals surface area contributed by atoms with E-state index in [0.29, 0.717) is 23.8 Å². The summed E-state index contributed by atoms with van der Waals surface area (Å²) < 4.78 is 27.4. The van der Waals surface area contributed by atoms with Gasteiger partial charge >= 0.3 is 0 Å². The summed E-state index contributed by atoms with van der Waals surface area (Å²) in [5.74, 6) is 0. The molecule has 0 aliphatic rings. The lowest BCUT2D eigenvalue weighted by molar-refractivity contribution is 0.272. The summed E-state index contributed by atoms with van der Waals surface area (Å²) in [6, 6.07) is 3.49. The first-order chi connectivity index (χ1) is 9.32. The molecule has 20 heavy (non-hydrogen) atoms. The van der Waals surface area contributed by atoms with E-state index in [-0.39, 0.29) is 6.04 Å². The van der Waals surface area contributed by atoms with Gasteiger partial charge in [0, 0.05) is 24.0 Å². The Morgan fingerprint density at radius 2 is 2.00 bits per heavy atom. The Morgan fingerprint density at radius 1 is 1.35 bits per heavy atom. The van der Waals surface area contributed by atoms with E-state index in [4.69, 9.17) is 5.73 Å². The lowest BCUT2D eigenvalue weighted by atomic mass is 10.3. The molecule has 0 amide bonds. The summed E-state index contributed by atoms with van der Waals surface area (Å²) in [5.41, 5.74) is 5.51. The second-order valence-corrected chi connectivity index (χ2v) is 8.36. The van der Waals surface area contributed by atoms with Crippen molar-refractivity contribution in [1.29, 1.82) is 0 Å². The number of nitrogens with two attached hydrogens (primary N) is 1. The third-order valence-corrected chi connectivity index (χ3v) is 6.72. The van der Waals surface area contributed by atoms with Crippen LogP contribution in [-0.2, 0) is 16.4 Å². The standard InChI is InChI=1S/C13H25N3O2S2/c1-5-16(11(2)10-15(3)4)20(17,18)13-7-6-12(19-13)8-9-14/h6-7,11H,5,8-10,14H2,1-4H3. The van der Waals surface area contributed by atoms with Crippen molar-refractivity contribution in [1.82, 2.24) is 9.21 Å². The Balaban J connectivity index is 2.98. The maximum atomic E-state index is 12.7.